The summed E-state index contributed by atoms with van der Waals surface area (Å²) < 4.78 is 13.2. The van der Waals surface area contributed by atoms with E-state index in [1.54, 1.807) is 13.0 Å². The summed E-state index contributed by atoms with van der Waals surface area (Å²) >= 11 is 5.65. The molecule has 2 heterocycles. The summed E-state index contributed by atoms with van der Waals surface area (Å²) in [6, 6.07) is 5.46. The van der Waals surface area contributed by atoms with E-state index in [0.717, 1.165) is 5.69 Å². The molecule has 16 heavy (non-hydrogen) atoms. The van der Waals surface area contributed by atoms with Crippen LogP contribution in [0.4, 0.5) is 4.39 Å². The normalized spacial score (nSPS) is 10.5. The van der Waals surface area contributed by atoms with E-state index in [1.165, 1.54) is 0 Å². The maximum atomic E-state index is 13.2. The molecule has 0 unspecified atom stereocenters. The van der Waals surface area contributed by atoms with Gasteiger partial charge in [0.05, 0.1) is 5.69 Å². The van der Waals surface area contributed by atoms with Crippen LogP contribution in [0.2, 0.25) is 5.15 Å². The molecule has 0 amide bonds. The number of hydrogen-bond donors (Lipinski definition) is 0. The lowest BCUT2D eigenvalue weighted by atomic mass is 10.3. The first-order chi connectivity index (χ1) is 7.58. The number of hydrogen-bond acceptors (Lipinski definition) is 3. The van der Waals surface area contributed by atoms with Crippen molar-refractivity contribution in [2.45, 2.75) is 13.8 Å². The molecule has 2 aromatic heterocycles. The molecule has 0 saturated carbocycles. The van der Waals surface area contributed by atoms with Gasteiger partial charge in [0.1, 0.15) is 5.69 Å². The number of pyridine rings is 1. The second-order valence-electron chi connectivity index (χ2n) is 3.40. The summed E-state index contributed by atoms with van der Waals surface area (Å²) in [5.41, 5.74) is 1.66. The summed E-state index contributed by atoms with van der Waals surface area (Å²) in [5.74, 6) is -0.245. The molecule has 0 aromatic carbocycles. The first-order valence-electron chi connectivity index (χ1n) is 4.71. The van der Waals surface area contributed by atoms with Crippen molar-refractivity contribution in [3.63, 3.8) is 0 Å². The largest absolute Gasteiger partial charge is 0.250 e. The van der Waals surface area contributed by atoms with E-state index in [4.69, 9.17) is 11.6 Å². The first kappa shape index (κ1) is 11.0. The van der Waals surface area contributed by atoms with Crippen molar-refractivity contribution in [3.05, 3.63) is 40.6 Å². The van der Waals surface area contributed by atoms with Gasteiger partial charge in [-0.25, -0.2) is 19.3 Å². The second kappa shape index (κ2) is 4.14. The Labute approximate surface area is 97.3 Å². The van der Waals surface area contributed by atoms with E-state index >= 15 is 0 Å². The number of halogens is 2. The summed E-state index contributed by atoms with van der Waals surface area (Å²) in [4.78, 5) is 12.1. The van der Waals surface area contributed by atoms with Gasteiger partial charge >= 0.3 is 0 Å². The average Bonchev–Trinajstić information content (AvgIpc) is 2.25. The van der Waals surface area contributed by atoms with Gasteiger partial charge in [-0.15, -0.1) is 0 Å². The Bertz CT molecular complexity index is 519. The number of nitrogens with zero attached hydrogens (tertiary/aromatic N) is 3. The lowest BCUT2D eigenvalue weighted by molar-refractivity contribution is 0.603. The van der Waals surface area contributed by atoms with Crippen molar-refractivity contribution in [1.82, 2.24) is 15.0 Å². The SMILES string of the molecule is Cc1cccc(-c2nc(C)c(F)c(Cl)n2)n1. The lowest BCUT2D eigenvalue weighted by Crippen LogP contribution is -1.99. The Morgan fingerprint density at radius 1 is 1.12 bits per heavy atom. The molecule has 2 aromatic rings. The maximum Gasteiger partial charge on any atom is 0.181 e. The van der Waals surface area contributed by atoms with Crippen molar-refractivity contribution < 1.29 is 4.39 Å². The van der Waals surface area contributed by atoms with E-state index in [1.807, 2.05) is 19.1 Å². The van der Waals surface area contributed by atoms with Crippen LogP contribution in [0, 0.1) is 19.7 Å². The zero-order chi connectivity index (χ0) is 11.7. The Morgan fingerprint density at radius 3 is 2.50 bits per heavy atom. The van der Waals surface area contributed by atoms with Gasteiger partial charge in [0.25, 0.3) is 0 Å². The molecule has 0 bridgehead atoms. The standard InChI is InChI=1S/C11H9ClFN3/c1-6-4-3-5-8(14-6)11-15-7(2)9(13)10(12)16-11/h3-5H,1-2H3. The van der Waals surface area contributed by atoms with E-state index in [-0.39, 0.29) is 10.8 Å². The third-order valence-electron chi connectivity index (χ3n) is 2.09. The van der Waals surface area contributed by atoms with Crippen LogP contribution in [0.25, 0.3) is 11.5 Å². The van der Waals surface area contributed by atoms with Crippen LogP contribution < -0.4 is 0 Å². The highest BCUT2D eigenvalue weighted by molar-refractivity contribution is 6.29. The van der Waals surface area contributed by atoms with E-state index < -0.39 is 5.82 Å². The minimum Gasteiger partial charge on any atom is -0.250 e. The first-order valence-corrected chi connectivity index (χ1v) is 5.09. The molecule has 0 aliphatic heterocycles. The van der Waals surface area contributed by atoms with Gasteiger partial charge in [0.15, 0.2) is 16.8 Å². The number of rotatable bonds is 1. The van der Waals surface area contributed by atoms with E-state index in [0.29, 0.717) is 11.5 Å². The molecule has 0 saturated heterocycles. The number of aromatic nitrogens is 3. The van der Waals surface area contributed by atoms with Crippen molar-refractivity contribution in [1.29, 1.82) is 0 Å². The third kappa shape index (κ3) is 2.02. The van der Waals surface area contributed by atoms with Crippen molar-refractivity contribution in [2.24, 2.45) is 0 Å². The monoisotopic (exact) mass is 237 g/mol. The van der Waals surface area contributed by atoms with Crippen LogP contribution in [0.15, 0.2) is 18.2 Å². The Kier molecular flexibility index (Phi) is 2.83. The van der Waals surface area contributed by atoms with Crippen LogP contribution >= 0.6 is 11.6 Å². The molecule has 0 aliphatic rings. The van der Waals surface area contributed by atoms with Crippen molar-refractivity contribution in [2.75, 3.05) is 0 Å². The van der Waals surface area contributed by atoms with Crippen LogP contribution in [0.1, 0.15) is 11.4 Å². The molecule has 0 spiro atoms. The molecule has 0 radical (unpaired) electrons. The predicted octanol–water partition coefficient (Wildman–Crippen LogP) is 2.95. The molecule has 0 atom stereocenters. The molecule has 5 heteroatoms. The third-order valence-corrected chi connectivity index (χ3v) is 2.34. The highest BCUT2D eigenvalue weighted by atomic mass is 35.5. The Hall–Kier alpha value is -1.55. The molecular weight excluding hydrogens is 229 g/mol. The number of aryl methyl sites for hydroxylation is 2. The fraction of sp³-hybridized carbons (Fsp3) is 0.182. The summed E-state index contributed by atoms with van der Waals surface area (Å²) in [7, 11) is 0. The van der Waals surface area contributed by atoms with Crippen LogP contribution in [-0.4, -0.2) is 15.0 Å². The maximum absolute atomic E-state index is 13.2. The molecule has 0 aliphatic carbocycles. The van der Waals surface area contributed by atoms with Gasteiger partial charge in [-0.05, 0) is 26.0 Å². The van der Waals surface area contributed by atoms with Gasteiger partial charge < -0.3 is 0 Å². The van der Waals surface area contributed by atoms with Crippen molar-refractivity contribution >= 4 is 11.6 Å². The van der Waals surface area contributed by atoms with Crippen LogP contribution in [0.3, 0.4) is 0 Å². The topological polar surface area (TPSA) is 38.7 Å². The molecule has 0 N–H and O–H groups in total. The van der Waals surface area contributed by atoms with Crippen LogP contribution in [-0.2, 0) is 0 Å². The molecule has 82 valence electrons. The summed E-state index contributed by atoms with van der Waals surface area (Å²) in [6.45, 7) is 3.41. The highest BCUT2D eigenvalue weighted by Gasteiger charge is 2.11. The fourth-order valence-electron chi connectivity index (χ4n) is 1.31. The lowest BCUT2D eigenvalue weighted by Gasteiger charge is -2.03. The van der Waals surface area contributed by atoms with Gasteiger partial charge in [-0.1, -0.05) is 17.7 Å². The van der Waals surface area contributed by atoms with Gasteiger partial charge in [0, 0.05) is 5.69 Å². The zero-order valence-electron chi connectivity index (χ0n) is 8.83. The predicted molar refractivity (Wildman–Crippen MR) is 59.7 cm³/mol. The summed E-state index contributed by atoms with van der Waals surface area (Å²) in [6.07, 6.45) is 0. The quantitative estimate of drug-likeness (QED) is 0.716. The summed E-state index contributed by atoms with van der Waals surface area (Å²) in [5, 5.41) is -0.175. The van der Waals surface area contributed by atoms with Gasteiger partial charge in [-0.3, -0.25) is 0 Å². The zero-order valence-corrected chi connectivity index (χ0v) is 9.59. The minimum atomic E-state index is -0.585. The highest BCUT2D eigenvalue weighted by Crippen LogP contribution is 2.19. The molecule has 0 fully saturated rings. The van der Waals surface area contributed by atoms with E-state index in [9.17, 15) is 4.39 Å². The second-order valence-corrected chi connectivity index (χ2v) is 3.76. The average molecular weight is 238 g/mol. The fourth-order valence-corrected chi connectivity index (χ4v) is 1.52. The van der Waals surface area contributed by atoms with Gasteiger partial charge in [-0.2, -0.15) is 0 Å². The van der Waals surface area contributed by atoms with Crippen molar-refractivity contribution in [3.8, 4) is 11.5 Å². The molecular formula is C11H9ClFN3. The molecule has 3 nitrogen and oxygen atoms in total. The minimum absolute atomic E-state index is 0.175. The Balaban J connectivity index is 2.57. The molecule has 2 rings (SSSR count). The smallest absolute Gasteiger partial charge is 0.181 e. The van der Waals surface area contributed by atoms with E-state index in [2.05, 4.69) is 15.0 Å². The Morgan fingerprint density at radius 2 is 1.88 bits per heavy atom. The van der Waals surface area contributed by atoms with Gasteiger partial charge in [0.2, 0.25) is 0 Å². The van der Waals surface area contributed by atoms with Crippen LogP contribution in [0.5, 0.6) is 0 Å².